The number of nitrogens with one attached hydrogen (secondary N) is 2. The van der Waals surface area contributed by atoms with Gasteiger partial charge in [-0.2, -0.15) is 0 Å². The van der Waals surface area contributed by atoms with Gasteiger partial charge in [0, 0.05) is 29.6 Å². The fourth-order valence-corrected chi connectivity index (χ4v) is 2.96. The van der Waals surface area contributed by atoms with E-state index in [1.807, 2.05) is 24.3 Å². The van der Waals surface area contributed by atoms with Crippen molar-refractivity contribution in [2.75, 3.05) is 13.2 Å². The van der Waals surface area contributed by atoms with Crippen LogP contribution < -0.4 is 10.1 Å². The van der Waals surface area contributed by atoms with Crippen molar-refractivity contribution in [3.63, 3.8) is 0 Å². The SMILES string of the molecule is CC(=O)NCCOc1cccc(-c2cc3c(C(=O)O)c[nH]c3cc2Cl)c1. The van der Waals surface area contributed by atoms with Crippen LogP contribution in [0.3, 0.4) is 0 Å². The van der Waals surface area contributed by atoms with Crippen LogP contribution in [0, 0.1) is 0 Å². The third kappa shape index (κ3) is 3.81. The molecule has 3 N–H and O–H groups in total. The van der Waals surface area contributed by atoms with Crippen molar-refractivity contribution in [2.24, 2.45) is 0 Å². The lowest BCUT2D eigenvalue weighted by Crippen LogP contribution is -2.25. The van der Waals surface area contributed by atoms with E-state index in [0.29, 0.717) is 40.4 Å². The third-order valence-electron chi connectivity index (χ3n) is 3.89. The van der Waals surface area contributed by atoms with E-state index in [0.717, 1.165) is 5.56 Å². The number of fused-ring (bicyclic) bond motifs is 1. The number of aromatic carboxylic acids is 1. The average molecular weight is 373 g/mol. The highest BCUT2D eigenvalue weighted by molar-refractivity contribution is 6.34. The zero-order chi connectivity index (χ0) is 18.7. The Kier molecular flexibility index (Phi) is 5.14. The van der Waals surface area contributed by atoms with E-state index in [2.05, 4.69) is 10.3 Å². The molecular weight excluding hydrogens is 356 g/mol. The van der Waals surface area contributed by atoms with Crippen LogP contribution >= 0.6 is 11.6 Å². The number of benzene rings is 2. The maximum atomic E-state index is 11.4. The van der Waals surface area contributed by atoms with Crippen molar-refractivity contribution in [1.82, 2.24) is 10.3 Å². The summed E-state index contributed by atoms with van der Waals surface area (Å²) in [5.41, 5.74) is 2.39. The second-order valence-electron chi connectivity index (χ2n) is 5.74. The van der Waals surface area contributed by atoms with Gasteiger partial charge in [-0.25, -0.2) is 4.79 Å². The fourth-order valence-electron chi connectivity index (χ4n) is 2.69. The molecule has 1 aromatic heterocycles. The summed E-state index contributed by atoms with van der Waals surface area (Å²) in [7, 11) is 0. The Morgan fingerprint density at radius 3 is 2.81 bits per heavy atom. The molecule has 6 nitrogen and oxygen atoms in total. The van der Waals surface area contributed by atoms with Crippen molar-refractivity contribution < 1.29 is 19.4 Å². The van der Waals surface area contributed by atoms with E-state index in [9.17, 15) is 14.7 Å². The molecule has 0 bridgehead atoms. The number of carboxylic acids is 1. The molecule has 0 aliphatic rings. The smallest absolute Gasteiger partial charge is 0.337 e. The molecule has 0 atom stereocenters. The Balaban J connectivity index is 1.89. The van der Waals surface area contributed by atoms with Crippen LogP contribution in [0.5, 0.6) is 5.75 Å². The minimum atomic E-state index is -1.00. The van der Waals surface area contributed by atoms with Gasteiger partial charge in [-0.05, 0) is 29.8 Å². The van der Waals surface area contributed by atoms with Gasteiger partial charge in [-0.3, -0.25) is 4.79 Å². The van der Waals surface area contributed by atoms with Gasteiger partial charge in [0.25, 0.3) is 0 Å². The molecule has 0 saturated carbocycles. The summed E-state index contributed by atoms with van der Waals surface area (Å²) in [6, 6.07) is 10.8. The average Bonchev–Trinajstić information content (AvgIpc) is 3.01. The number of rotatable bonds is 6. The molecule has 0 aliphatic heterocycles. The summed E-state index contributed by atoms with van der Waals surface area (Å²) in [6.45, 7) is 2.21. The summed E-state index contributed by atoms with van der Waals surface area (Å²) >= 11 is 6.38. The summed E-state index contributed by atoms with van der Waals surface area (Å²) in [4.78, 5) is 25.1. The highest BCUT2D eigenvalue weighted by Crippen LogP contribution is 2.34. The maximum Gasteiger partial charge on any atom is 0.337 e. The molecule has 0 aliphatic carbocycles. The lowest BCUT2D eigenvalue weighted by molar-refractivity contribution is -0.119. The Labute approximate surface area is 154 Å². The zero-order valence-electron chi connectivity index (χ0n) is 14.0. The third-order valence-corrected chi connectivity index (χ3v) is 4.20. The number of ether oxygens (including phenoxy) is 1. The molecule has 3 aromatic rings. The first-order valence-electron chi connectivity index (χ1n) is 7.97. The van der Waals surface area contributed by atoms with Gasteiger partial charge in [0.15, 0.2) is 0 Å². The Bertz CT molecular complexity index is 981. The monoisotopic (exact) mass is 372 g/mol. The first-order valence-corrected chi connectivity index (χ1v) is 8.35. The largest absolute Gasteiger partial charge is 0.492 e. The zero-order valence-corrected chi connectivity index (χ0v) is 14.8. The number of hydrogen-bond donors (Lipinski definition) is 3. The summed E-state index contributed by atoms with van der Waals surface area (Å²) in [5.74, 6) is -0.473. The van der Waals surface area contributed by atoms with E-state index >= 15 is 0 Å². The van der Waals surface area contributed by atoms with E-state index in [1.165, 1.54) is 13.1 Å². The maximum absolute atomic E-state index is 11.4. The summed E-state index contributed by atoms with van der Waals surface area (Å²) in [6.07, 6.45) is 1.45. The number of carboxylic acid groups (broad SMARTS) is 1. The Morgan fingerprint density at radius 1 is 1.27 bits per heavy atom. The normalized spacial score (nSPS) is 10.7. The van der Waals surface area contributed by atoms with Crippen LogP contribution in [0.2, 0.25) is 5.02 Å². The molecule has 3 rings (SSSR count). The van der Waals surface area contributed by atoms with Gasteiger partial charge < -0.3 is 20.1 Å². The van der Waals surface area contributed by atoms with Crippen LogP contribution in [0.25, 0.3) is 22.0 Å². The van der Waals surface area contributed by atoms with E-state index < -0.39 is 5.97 Å². The van der Waals surface area contributed by atoms with Crippen LogP contribution in [0.15, 0.2) is 42.6 Å². The molecule has 134 valence electrons. The number of aromatic amines is 1. The number of aromatic nitrogens is 1. The molecule has 7 heteroatoms. The van der Waals surface area contributed by atoms with Gasteiger partial charge in [0.2, 0.25) is 5.91 Å². The standard InChI is InChI=1S/C19H17ClN2O4/c1-11(23)21-5-6-26-13-4-2-3-12(7-13)14-8-15-16(19(24)25)10-22-18(15)9-17(14)20/h2-4,7-10,22H,5-6H2,1H3,(H,21,23)(H,24,25). The first kappa shape index (κ1) is 17.8. The molecule has 0 spiro atoms. The van der Waals surface area contributed by atoms with Crippen molar-refractivity contribution in [3.05, 3.63) is 53.2 Å². The number of H-pyrrole nitrogens is 1. The van der Waals surface area contributed by atoms with Crippen LogP contribution in [0.1, 0.15) is 17.3 Å². The number of halogens is 1. The highest BCUT2D eigenvalue weighted by atomic mass is 35.5. The topological polar surface area (TPSA) is 91.4 Å². The van der Waals surface area contributed by atoms with Gasteiger partial charge in [0.05, 0.1) is 17.1 Å². The molecule has 26 heavy (non-hydrogen) atoms. The Morgan fingerprint density at radius 2 is 2.08 bits per heavy atom. The highest BCUT2D eigenvalue weighted by Gasteiger charge is 2.14. The lowest BCUT2D eigenvalue weighted by atomic mass is 10.0. The van der Waals surface area contributed by atoms with Crippen molar-refractivity contribution in [1.29, 1.82) is 0 Å². The Hall–Kier alpha value is -2.99. The van der Waals surface area contributed by atoms with E-state index in [-0.39, 0.29) is 11.5 Å². The van der Waals surface area contributed by atoms with Gasteiger partial charge in [0.1, 0.15) is 12.4 Å². The summed E-state index contributed by atoms with van der Waals surface area (Å²) in [5, 5.41) is 13.1. The predicted molar refractivity (Wildman–Crippen MR) is 99.9 cm³/mol. The number of carbonyl (C=O) groups is 2. The molecular formula is C19H17ClN2O4. The van der Waals surface area contributed by atoms with Crippen molar-refractivity contribution in [2.45, 2.75) is 6.92 Å². The van der Waals surface area contributed by atoms with Crippen LogP contribution in [0.4, 0.5) is 0 Å². The van der Waals surface area contributed by atoms with E-state index in [4.69, 9.17) is 16.3 Å². The van der Waals surface area contributed by atoms with Crippen molar-refractivity contribution in [3.8, 4) is 16.9 Å². The van der Waals surface area contributed by atoms with Gasteiger partial charge >= 0.3 is 5.97 Å². The molecule has 0 fully saturated rings. The van der Waals surface area contributed by atoms with Crippen LogP contribution in [-0.4, -0.2) is 35.1 Å². The minimum absolute atomic E-state index is 0.108. The molecule has 0 saturated heterocycles. The molecule has 1 heterocycles. The fraction of sp³-hybridized carbons (Fsp3) is 0.158. The van der Waals surface area contributed by atoms with E-state index in [1.54, 1.807) is 12.1 Å². The molecule has 0 radical (unpaired) electrons. The number of carbonyl (C=O) groups excluding carboxylic acids is 1. The number of amides is 1. The minimum Gasteiger partial charge on any atom is -0.492 e. The van der Waals surface area contributed by atoms with Gasteiger partial charge in [-0.15, -0.1) is 0 Å². The lowest BCUT2D eigenvalue weighted by Gasteiger charge is -2.10. The second-order valence-corrected chi connectivity index (χ2v) is 6.15. The number of hydrogen-bond acceptors (Lipinski definition) is 3. The predicted octanol–water partition coefficient (Wildman–Crippen LogP) is 3.70. The summed E-state index contributed by atoms with van der Waals surface area (Å²) < 4.78 is 5.63. The molecule has 2 aromatic carbocycles. The van der Waals surface area contributed by atoms with Crippen LogP contribution in [-0.2, 0) is 4.79 Å². The molecule has 1 amide bonds. The second kappa shape index (κ2) is 7.49. The van der Waals surface area contributed by atoms with Gasteiger partial charge in [-0.1, -0.05) is 23.7 Å². The van der Waals surface area contributed by atoms with Crippen molar-refractivity contribution >= 4 is 34.4 Å². The quantitative estimate of drug-likeness (QED) is 0.575. The molecule has 0 unspecified atom stereocenters. The first-order chi connectivity index (χ1) is 12.5.